The molecule has 1 aromatic heterocycles. The molecular weight excluding hydrogens is 365 g/mol. The van der Waals surface area contributed by atoms with Crippen LogP contribution >= 0.6 is 11.3 Å². The molecule has 2 aliphatic rings. The number of thiazole rings is 1. The number of amides is 1. The van der Waals surface area contributed by atoms with Crippen LogP contribution in [0.25, 0.3) is 0 Å². The predicted octanol–water partition coefficient (Wildman–Crippen LogP) is 3.64. The molecule has 0 N–H and O–H groups in total. The van der Waals surface area contributed by atoms with Gasteiger partial charge in [-0.15, -0.1) is 11.3 Å². The normalized spacial score (nSPS) is 22.3. The topological polar surface area (TPSA) is 36.4 Å². The van der Waals surface area contributed by atoms with E-state index in [0.29, 0.717) is 31.1 Å². The Morgan fingerprint density at radius 2 is 1.76 bits per heavy atom. The number of alkyl halides is 5. The summed E-state index contributed by atoms with van der Waals surface area (Å²) in [5, 5.41) is 1.29. The lowest BCUT2D eigenvalue weighted by Crippen LogP contribution is -2.47. The van der Waals surface area contributed by atoms with Gasteiger partial charge in [0.1, 0.15) is 0 Å². The maximum Gasteiger partial charge on any atom is 0.434 e. The monoisotopic (exact) mass is 383 g/mol. The Morgan fingerprint density at radius 1 is 1.16 bits per heavy atom. The van der Waals surface area contributed by atoms with E-state index in [1.807, 2.05) is 0 Å². The van der Waals surface area contributed by atoms with Crippen molar-refractivity contribution in [2.24, 2.45) is 5.92 Å². The number of nitrogens with zero attached hydrogens (tertiary/aromatic N) is 3. The third kappa shape index (κ3) is 4.21. The summed E-state index contributed by atoms with van der Waals surface area (Å²) in [7, 11) is 0. The van der Waals surface area contributed by atoms with Gasteiger partial charge in [-0.3, -0.25) is 4.79 Å². The minimum atomic E-state index is -4.46. The van der Waals surface area contributed by atoms with Crippen LogP contribution in [0.4, 0.5) is 27.1 Å². The largest absolute Gasteiger partial charge is 0.434 e. The van der Waals surface area contributed by atoms with E-state index < -0.39 is 17.8 Å². The van der Waals surface area contributed by atoms with Crippen LogP contribution < -0.4 is 4.90 Å². The maximum absolute atomic E-state index is 13.2. The smallest absolute Gasteiger partial charge is 0.348 e. The zero-order valence-corrected chi connectivity index (χ0v) is 14.2. The number of aromatic nitrogens is 1. The van der Waals surface area contributed by atoms with E-state index >= 15 is 0 Å². The number of rotatable bonds is 2. The van der Waals surface area contributed by atoms with Gasteiger partial charge in [0.2, 0.25) is 5.91 Å². The van der Waals surface area contributed by atoms with Crippen LogP contribution in [-0.2, 0) is 11.0 Å². The highest BCUT2D eigenvalue weighted by Crippen LogP contribution is 2.35. The van der Waals surface area contributed by atoms with Gasteiger partial charge in [-0.2, -0.15) is 13.2 Å². The molecule has 3 rings (SSSR count). The molecule has 2 saturated heterocycles. The van der Waals surface area contributed by atoms with Crippen LogP contribution in [0.3, 0.4) is 0 Å². The highest BCUT2D eigenvalue weighted by atomic mass is 32.1. The van der Waals surface area contributed by atoms with Crippen molar-refractivity contribution in [1.29, 1.82) is 0 Å². The van der Waals surface area contributed by atoms with Crippen LogP contribution in [-0.4, -0.2) is 47.9 Å². The molecule has 4 nitrogen and oxygen atoms in total. The highest BCUT2D eigenvalue weighted by Gasteiger charge is 2.38. The summed E-state index contributed by atoms with van der Waals surface area (Å²) in [5.41, 5.74) is -0.903. The molecule has 0 atom stereocenters. The van der Waals surface area contributed by atoms with Crippen molar-refractivity contribution < 1.29 is 26.7 Å². The average Bonchev–Trinajstić information content (AvgIpc) is 3.05. The summed E-state index contributed by atoms with van der Waals surface area (Å²) in [6.07, 6.45) is -4.09. The minimum Gasteiger partial charge on any atom is -0.348 e. The van der Waals surface area contributed by atoms with Gasteiger partial charge in [0.15, 0.2) is 10.8 Å². The van der Waals surface area contributed by atoms with Gasteiger partial charge >= 0.3 is 6.18 Å². The van der Waals surface area contributed by atoms with Crippen molar-refractivity contribution in [3.8, 4) is 0 Å². The lowest BCUT2D eigenvalue weighted by molar-refractivity contribution is -0.142. The Labute approximate surface area is 145 Å². The van der Waals surface area contributed by atoms with E-state index in [9.17, 15) is 26.7 Å². The molecule has 0 aliphatic carbocycles. The molecule has 0 bridgehead atoms. The van der Waals surface area contributed by atoms with E-state index in [-0.39, 0.29) is 37.8 Å². The fraction of sp³-hybridized carbons (Fsp3) is 0.733. The lowest BCUT2D eigenvalue weighted by atomic mass is 9.94. The Balaban J connectivity index is 1.53. The summed E-state index contributed by atoms with van der Waals surface area (Å²) in [6, 6.07) is 0. The van der Waals surface area contributed by atoms with E-state index in [2.05, 4.69) is 4.98 Å². The number of hydrogen-bond donors (Lipinski definition) is 0. The quantitative estimate of drug-likeness (QED) is 0.732. The van der Waals surface area contributed by atoms with E-state index in [1.165, 1.54) is 4.90 Å². The third-order valence-corrected chi connectivity index (χ3v) is 5.61. The van der Waals surface area contributed by atoms with Crippen molar-refractivity contribution in [3.05, 3.63) is 11.1 Å². The SMILES string of the molecule is O=C(C1CCN(c2nc(C(F)(F)F)cs2)CC1)N1CCC(F)(F)CC1. The standard InChI is InChI=1S/C15H18F5N3OS/c16-14(17)3-7-22(8-4-14)12(24)10-1-5-23(6-2-10)13-21-11(9-25-13)15(18,19)20/h9-10H,1-8H2. The van der Waals surface area contributed by atoms with Gasteiger partial charge < -0.3 is 9.80 Å². The summed E-state index contributed by atoms with van der Waals surface area (Å²) < 4.78 is 64.2. The van der Waals surface area contributed by atoms with Crippen molar-refractivity contribution >= 4 is 22.4 Å². The first-order valence-corrected chi connectivity index (χ1v) is 8.98. The highest BCUT2D eigenvalue weighted by molar-refractivity contribution is 7.13. The van der Waals surface area contributed by atoms with Gasteiger partial charge in [-0.1, -0.05) is 0 Å². The summed E-state index contributed by atoms with van der Waals surface area (Å²) in [5.74, 6) is -3.07. The molecule has 0 unspecified atom stereocenters. The first kappa shape index (κ1) is 18.3. The average molecular weight is 383 g/mol. The minimum absolute atomic E-state index is 0.0630. The van der Waals surface area contributed by atoms with Crippen molar-refractivity contribution in [2.45, 2.75) is 37.8 Å². The summed E-state index contributed by atoms with van der Waals surface area (Å²) in [4.78, 5) is 19.3. The molecular formula is C15H18F5N3OS. The number of carbonyl (C=O) groups excluding carboxylic acids is 1. The molecule has 0 saturated carbocycles. The fourth-order valence-corrected chi connectivity index (χ4v) is 4.06. The summed E-state index contributed by atoms with van der Waals surface area (Å²) in [6.45, 7) is 0.997. The molecule has 0 aromatic carbocycles. The van der Waals surface area contributed by atoms with Crippen molar-refractivity contribution in [1.82, 2.24) is 9.88 Å². The Hall–Kier alpha value is -1.45. The van der Waals surface area contributed by atoms with Gasteiger partial charge in [0, 0.05) is 50.3 Å². The van der Waals surface area contributed by atoms with Gasteiger partial charge in [-0.25, -0.2) is 13.8 Å². The third-order valence-electron chi connectivity index (χ3n) is 4.70. The molecule has 3 heterocycles. The zero-order valence-electron chi connectivity index (χ0n) is 13.4. The number of piperidine rings is 2. The number of anilines is 1. The number of halogens is 5. The van der Waals surface area contributed by atoms with Crippen LogP contribution in [0.2, 0.25) is 0 Å². The first-order valence-electron chi connectivity index (χ1n) is 8.10. The van der Waals surface area contributed by atoms with Crippen molar-refractivity contribution in [2.75, 3.05) is 31.1 Å². The second kappa shape index (κ2) is 6.69. The Kier molecular flexibility index (Phi) is 4.91. The van der Waals surface area contributed by atoms with E-state index in [4.69, 9.17) is 0 Å². The second-order valence-electron chi connectivity index (χ2n) is 6.46. The number of carbonyl (C=O) groups is 1. The molecule has 10 heteroatoms. The predicted molar refractivity (Wildman–Crippen MR) is 82.8 cm³/mol. The van der Waals surface area contributed by atoms with Crippen LogP contribution in [0.5, 0.6) is 0 Å². The first-order chi connectivity index (χ1) is 11.7. The van der Waals surface area contributed by atoms with Gasteiger partial charge in [0.05, 0.1) is 0 Å². The molecule has 1 aromatic rings. The fourth-order valence-electron chi connectivity index (χ4n) is 3.17. The molecule has 0 spiro atoms. The Morgan fingerprint density at radius 3 is 2.28 bits per heavy atom. The van der Waals surface area contributed by atoms with Crippen LogP contribution in [0.15, 0.2) is 5.38 Å². The molecule has 0 radical (unpaired) electrons. The Bertz CT molecular complexity index is 615. The molecule has 2 fully saturated rings. The van der Waals surface area contributed by atoms with Crippen LogP contribution in [0, 0.1) is 5.92 Å². The zero-order chi connectivity index (χ0) is 18.2. The number of hydrogen-bond acceptors (Lipinski definition) is 4. The molecule has 1 amide bonds. The van der Waals surface area contributed by atoms with E-state index in [1.54, 1.807) is 4.90 Å². The second-order valence-corrected chi connectivity index (χ2v) is 7.29. The number of likely N-dealkylation sites (tertiary alicyclic amines) is 1. The lowest BCUT2D eigenvalue weighted by Gasteiger charge is -2.37. The molecule has 25 heavy (non-hydrogen) atoms. The maximum atomic E-state index is 13.2. The van der Waals surface area contributed by atoms with Crippen molar-refractivity contribution in [3.63, 3.8) is 0 Å². The van der Waals surface area contributed by atoms with E-state index in [0.717, 1.165) is 16.7 Å². The van der Waals surface area contributed by atoms with Crippen LogP contribution in [0.1, 0.15) is 31.4 Å². The molecule has 2 aliphatic heterocycles. The van der Waals surface area contributed by atoms with Gasteiger partial charge in [0.25, 0.3) is 5.92 Å². The molecule has 140 valence electrons. The van der Waals surface area contributed by atoms with Gasteiger partial charge in [-0.05, 0) is 12.8 Å². The summed E-state index contributed by atoms with van der Waals surface area (Å²) >= 11 is 0.937.